The van der Waals surface area contributed by atoms with Crippen LogP contribution in [0.15, 0.2) is 42.5 Å². The first-order valence-electron chi connectivity index (χ1n) is 17.2. The number of aliphatic carboxylic acids is 1. The zero-order chi connectivity index (χ0) is 37.2. The van der Waals surface area contributed by atoms with Crippen LogP contribution in [0.3, 0.4) is 0 Å². The van der Waals surface area contributed by atoms with Gasteiger partial charge in [0.15, 0.2) is 0 Å². The second kappa shape index (κ2) is 17.5. The van der Waals surface area contributed by atoms with Crippen LogP contribution in [0.4, 0.5) is 5.69 Å². The van der Waals surface area contributed by atoms with Gasteiger partial charge in [-0.3, -0.25) is 28.8 Å². The Morgan fingerprint density at radius 3 is 2.45 bits per heavy atom. The van der Waals surface area contributed by atoms with Crippen LogP contribution in [0.1, 0.15) is 74.8 Å². The number of ether oxygens (including phenoxy) is 1. The Morgan fingerprint density at radius 2 is 1.78 bits per heavy atom. The van der Waals surface area contributed by atoms with E-state index in [-0.39, 0.29) is 38.8 Å². The number of aryl methyl sites for hydroxylation is 1. The van der Waals surface area contributed by atoms with Gasteiger partial charge in [-0.15, -0.1) is 0 Å². The van der Waals surface area contributed by atoms with Gasteiger partial charge in [-0.2, -0.15) is 5.26 Å². The van der Waals surface area contributed by atoms with E-state index < -0.39 is 71.7 Å². The fraction of sp³-hybridized carbons (Fsp3) is 0.486. The molecule has 0 bridgehead atoms. The summed E-state index contributed by atoms with van der Waals surface area (Å²) in [5.41, 5.74) is 4.14. The lowest BCUT2D eigenvalue weighted by Crippen LogP contribution is -2.59. The Bertz CT molecular complexity index is 1660. The summed E-state index contributed by atoms with van der Waals surface area (Å²) in [6.45, 7) is 7.26. The van der Waals surface area contributed by atoms with Gasteiger partial charge in [0.2, 0.25) is 23.6 Å². The zero-order valence-corrected chi connectivity index (χ0v) is 29.4. The summed E-state index contributed by atoms with van der Waals surface area (Å²) in [6, 6.07) is 9.61. The number of nitriles is 1. The number of carboxylic acid groups (broad SMARTS) is 1. The molecule has 2 aromatic rings. The van der Waals surface area contributed by atoms with Crippen LogP contribution in [0.5, 0.6) is 0 Å². The van der Waals surface area contributed by atoms with Gasteiger partial charge in [0.1, 0.15) is 30.2 Å². The van der Waals surface area contributed by atoms with Crippen molar-refractivity contribution in [3.8, 4) is 6.07 Å². The Hall–Kier alpha value is -5.45. The first-order chi connectivity index (χ1) is 24.3. The molecular formula is C37H46N6O8. The summed E-state index contributed by atoms with van der Waals surface area (Å²) in [4.78, 5) is 80.3. The predicted molar refractivity (Wildman–Crippen MR) is 186 cm³/mol. The first-order valence-corrected chi connectivity index (χ1v) is 17.2. The van der Waals surface area contributed by atoms with Crippen molar-refractivity contribution in [3.05, 3.63) is 64.7 Å². The Morgan fingerprint density at radius 1 is 1.04 bits per heavy atom. The minimum absolute atomic E-state index is 0.0139. The van der Waals surface area contributed by atoms with Gasteiger partial charge in [0, 0.05) is 25.1 Å². The van der Waals surface area contributed by atoms with Gasteiger partial charge < -0.3 is 36.0 Å². The molecule has 0 aliphatic carbocycles. The van der Waals surface area contributed by atoms with E-state index in [0.29, 0.717) is 18.4 Å². The second-order valence-corrected chi connectivity index (χ2v) is 13.2. The molecule has 272 valence electrons. The largest absolute Gasteiger partial charge is 0.481 e. The van der Waals surface area contributed by atoms with Crippen molar-refractivity contribution in [1.82, 2.24) is 20.9 Å². The topological polar surface area (TPSA) is 207 Å². The Balaban J connectivity index is 1.56. The molecule has 2 aromatic carbocycles. The molecule has 5 atom stereocenters. The van der Waals surface area contributed by atoms with Gasteiger partial charge in [-0.1, -0.05) is 55.8 Å². The molecule has 1 unspecified atom stereocenters. The maximum absolute atomic E-state index is 14.4. The highest BCUT2D eigenvalue weighted by Crippen LogP contribution is 2.32. The summed E-state index contributed by atoms with van der Waals surface area (Å²) in [5.74, 6) is -4.48. The molecule has 2 aliphatic heterocycles. The highest BCUT2D eigenvalue weighted by atomic mass is 16.5. The van der Waals surface area contributed by atoms with Crippen molar-refractivity contribution in [2.75, 3.05) is 18.5 Å². The van der Waals surface area contributed by atoms with Crippen molar-refractivity contribution in [2.45, 2.75) is 96.4 Å². The van der Waals surface area contributed by atoms with Crippen LogP contribution in [0.25, 0.3) is 0 Å². The van der Waals surface area contributed by atoms with Gasteiger partial charge >= 0.3 is 11.9 Å². The molecule has 0 aromatic heterocycles. The number of hydrogen-bond acceptors (Lipinski definition) is 9. The molecule has 0 fully saturated rings. The van der Waals surface area contributed by atoms with Crippen molar-refractivity contribution in [3.63, 3.8) is 0 Å². The Labute approximate surface area is 297 Å². The van der Waals surface area contributed by atoms with Crippen LogP contribution in [0.2, 0.25) is 0 Å². The molecular weight excluding hydrogens is 656 g/mol. The third kappa shape index (κ3) is 9.84. The predicted octanol–water partition coefficient (Wildman–Crippen LogP) is 2.30. The monoisotopic (exact) mass is 702 g/mol. The standard InChI is InChI=1S/C37H46N6O8/c1-5-51-31(46)19-25(20-38)39-36(49)33-26-14-13-22(4)17-23(26)15-16-43(33)37(50)32(21(2)3)42-34(47)28(11-8-12-30(44)45)41-35(48)29-18-24-9-6-7-10-27(24)40-29/h6-7,9-10,13-14,17,21,25,28-29,32-33,40H,5,8,11-12,15-16,18-19H2,1-4H3,(H,39,49)(H,41,48)(H,42,47)(H,44,45)/t25-,28-,29?,32-,33-/m0/s1. The van der Waals surface area contributed by atoms with Crippen molar-refractivity contribution >= 4 is 41.3 Å². The molecule has 4 rings (SSSR count). The number of para-hydroxylation sites is 1. The quantitative estimate of drug-likeness (QED) is 0.171. The van der Waals surface area contributed by atoms with E-state index in [4.69, 9.17) is 4.74 Å². The molecule has 0 radical (unpaired) electrons. The van der Waals surface area contributed by atoms with Crippen molar-refractivity contribution in [2.24, 2.45) is 5.92 Å². The molecule has 14 nitrogen and oxygen atoms in total. The number of carbonyl (C=O) groups is 6. The molecule has 5 N–H and O–H groups in total. The molecule has 2 heterocycles. The lowest BCUT2D eigenvalue weighted by atomic mass is 9.89. The summed E-state index contributed by atoms with van der Waals surface area (Å²) < 4.78 is 4.94. The van der Waals surface area contributed by atoms with Gasteiger partial charge in [-0.05, 0) is 61.8 Å². The summed E-state index contributed by atoms with van der Waals surface area (Å²) >= 11 is 0. The maximum atomic E-state index is 14.4. The minimum atomic E-state index is -1.21. The number of hydrogen-bond donors (Lipinski definition) is 5. The number of amides is 4. The average molecular weight is 703 g/mol. The average Bonchev–Trinajstić information content (AvgIpc) is 3.53. The molecule has 0 saturated carbocycles. The number of esters is 1. The number of fused-ring (bicyclic) bond motifs is 2. The van der Waals surface area contributed by atoms with Crippen LogP contribution < -0.4 is 21.3 Å². The van der Waals surface area contributed by atoms with Gasteiger partial charge in [0.25, 0.3) is 0 Å². The van der Waals surface area contributed by atoms with E-state index in [1.54, 1.807) is 26.8 Å². The number of nitrogens with one attached hydrogen (secondary N) is 4. The van der Waals surface area contributed by atoms with Crippen molar-refractivity contribution in [1.29, 1.82) is 5.26 Å². The fourth-order valence-electron chi connectivity index (χ4n) is 6.44. The van der Waals surface area contributed by atoms with Crippen LogP contribution in [-0.2, 0) is 46.3 Å². The van der Waals surface area contributed by atoms with Crippen molar-refractivity contribution < 1.29 is 38.6 Å². The number of rotatable bonds is 15. The number of anilines is 1. The smallest absolute Gasteiger partial charge is 0.308 e. The SMILES string of the molecule is CCOC(=O)C[C@@H](C#N)NC(=O)[C@@H]1c2ccc(C)cc2CCN1C(=O)[C@@H](NC(=O)[C@H](CCCC(=O)O)NC(=O)C1Cc2ccccc2N1)C(C)C. The van der Waals surface area contributed by atoms with E-state index in [9.17, 15) is 39.1 Å². The van der Waals surface area contributed by atoms with E-state index in [2.05, 4.69) is 21.3 Å². The zero-order valence-electron chi connectivity index (χ0n) is 29.4. The summed E-state index contributed by atoms with van der Waals surface area (Å²) in [5, 5.41) is 30.2. The van der Waals surface area contributed by atoms with E-state index in [1.807, 2.05) is 49.4 Å². The Kier molecular flexibility index (Phi) is 13.1. The first kappa shape index (κ1) is 38.4. The maximum Gasteiger partial charge on any atom is 0.308 e. The summed E-state index contributed by atoms with van der Waals surface area (Å²) in [7, 11) is 0. The van der Waals surface area contributed by atoms with E-state index in [0.717, 1.165) is 22.4 Å². The van der Waals surface area contributed by atoms with E-state index in [1.165, 1.54) is 4.90 Å². The number of carbonyl (C=O) groups excluding carboxylic acids is 5. The lowest BCUT2D eigenvalue weighted by Gasteiger charge is -2.39. The fourth-order valence-corrected chi connectivity index (χ4v) is 6.44. The highest BCUT2D eigenvalue weighted by molar-refractivity contribution is 5.96. The normalized spacial score (nSPS) is 17.8. The van der Waals surface area contributed by atoms with E-state index >= 15 is 0 Å². The van der Waals surface area contributed by atoms with Crippen LogP contribution in [0, 0.1) is 24.2 Å². The van der Waals surface area contributed by atoms with Gasteiger partial charge in [-0.25, -0.2) is 0 Å². The third-order valence-corrected chi connectivity index (χ3v) is 9.04. The lowest BCUT2D eigenvalue weighted by molar-refractivity contribution is -0.146. The molecule has 4 amide bonds. The summed E-state index contributed by atoms with van der Waals surface area (Å²) in [6.07, 6.45) is 0.357. The molecule has 0 saturated heterocycles. The second-order valence-electron chi connectivity index (χ2n) is 13.2. The highest BCUT2D eigenvalue weighted by Gasteiger charge is 2.41. The molecule has 51 heavy (non-hydrogen) atoms. The van der Waals surface area contributed by atoms with Crippen LogP contribution in [-0.4, -0.2) is 82.9 Å². The number of carboxylic acids is 1. The number of benzene rings is 2. The van der Waals surface area contributed by atoms with Crippen LogP contribution >= 0.6 is 0 Å². The number of nitrogens with zero attached hydrogens (tertiary/aromatic N) is 2. The third-order valence-electron chi connectivity index (χ3n) is 9.04. The molecule has 0 spiro atoms. The molecule has 14 heteroatoms. The molecule has 2 aliphatic rings. The minimum Gasteiger partial charge on any atom is -0.481 e. The van der Waals surface area contributed by atoms with Gasteiger partial charge in [0.05, 0.1) is 19.1 Å².